The number of carbonyl (C=O) groups excluding carboxylic acids is 1. The SMILES string of the molecule is COC1CCCC(OC(=O)c2cc(N)cn2C)C1. The summed E-state index contributed by atoms with van der Waals surface area (Å²) in [5, 5.41) is 0. The van der Waals surface area contributed by atoms with Gasteiger partial charge in [0.2, 0.25) is 0 Å². The topological polar surface area (TPSA) is 66.5 Å². The summed E-state index contributed by atoms with van der Waals surface area (Å²) in [6.45, 7) is 0. The Bertz CT molecular complexity index is 428. The summed E-state index contributed by atoms with van der Waals surface area (Å²) in [6.07, 6.45) is 5.62. The second kappa shape index (κ2) is 5.44. The molecule has 1 aliphatic rings. The predicted molar refractivity (Wildman–Crippen MR) is 68.3 cm³/mol. The highest BCUT2D eigenvalue weighted by Gasteiger charge is 2.25. The first-order valence-electron chi connectivity index (χ1n) is 6.25. The van der Waals surface area contributed by atoms with E-state index in [4.69, 9.17) is 15.2 Å². The van der Waals surface area contributed by atoms with Gasteiger partial charge in [-0.1, -0.05) is 0 Å². The lowest BCUT2D eigenvalue weighted by Crippen LogP contribution is -2.29. The molecule has 0 amide bonds. The number of esters is 1. The molecule has 1 aromatic heterocycles. The predicted octanol–water partition coefficient (Wildman–Crippen LogP) is 1.72. The van der Waals surface area contributed by atoms with Crippen LogP contribution in [-0.4, -0.2) is 29.9 Å². The molecule has 0 bridgehead atoms. The standard InChI is InChI=1S/C13H20N2O3/c1-15-8-9(14)6-12(15)13(16)18-11-5-3-4-10(7-11)17-2/h6,8,10-11H,3-5,7,14H2,1-2H3. The van der Waals surface area contributed by atoms with Gasteiger partial charge in [-0.05, 0) is 25.3 Å². The molecule has 1 aromatic rings. The van der Waals surface area contributed by atoms with Gasteiger partial charge in [-0.25, -0.2) is 4.79 Å². The maximum Gasteiger partial charge on any atom is 0.355 e. The molecular weight excluding hydrogens is 232 g/mol. The normalized spacial score (nSPS) is 23.9. The molecule has 0 aliphatic heterocycles. The number of nitrogens with two attached hydrogens (primary N) is 1. The highest BCUT2D eigenvalue weighted by Crippen LogP contribution is 2.24. The fraction of sp³-hybridized carbons (Fsp3) is 0.615. The Morgan fingerprint density at radius 1 is 1.44 bits per heavy atom. The van der Waals surface area contributed by atoms with Gasteiger partial charge in [0.05, 0.1) is 11.8 Å². The molecule has 100 valence electrons. The van der Waals surface area contributed by atoms with Gasteiger partial charge in [0.1, 0.15) is 11.8 Å². The number of aryl methyl sites for hydroxylation is 1. The number of ether oxygens (including phenoxy) is 2. The maximum atomic E-state index is 12.0. The van der Waals surface area contributed by atoms with E-state index < -0.39 is 0 Å². The molecule has 2 unspecified atom stereocenters. The molecule has 1 heterocycles. The minimum atomic E-state index is -0.309. The first-order chi connectivity index (χ1) is 8.60. The van der Waals surface area contributed by atoms with E-state index in [0.29, 0.717) is 11.4 Å². The summed E-state index contributed by atoms with van der Waals surface area (Å²) >= 11 is 0. The van der Waals surface area contributed by atoms with Crippen LogP contribution >= 0.6 is 0 Å². The average Bonchev–Trinajstić information content (AvgIpc) is 2.69. The van der Waals surface area contributed by atoms with Gasteiger partial charge >= 0.3 is 5.97 Å². The zero-order chi connectivity index (χ0) is 13.1. The van der Waals surface area contributed by atoms with Crippen LogP contribution in [0.15, 0.2) is 12.3 Å². The minimum absolute atomic E-state index is 0.0488. The number of nitrogen functional groups attached to an aromatic ring is 1. The summed E-state index contributed by atoms with van der Waals surface area (Å²) in [6, 6.07) is 1.64. The van der Waals surface area contributed by atoms with Gasteiger partial charge in [0.25, 0.3) is 0 Å². The molecule has 2 rings (SSSR count). The Balaban J connectivity index is 1.97. The van der Waals surface area contributed by atoms with E-state index in [1.807, 2.05) is 0 Å². The van der Waals surface area contributed by atoms with Crippen molar-refractivity contribution in [1.82, 2.24) is 4.57 Å². The van der Waals surface area contributed by atoms with E-state index in [1.165, 1.54) is 0 Å². The van der Waals surface area contributed by atoms with E-state index >= 15 is 0 Å². The van der Waals surface area contributed by atoms with Crippen LogP contribution in [0.25, 0.3) is 0 Å². The number of nitrogens with zero attached hydrogens (tertiary/aromatic N) is 1. The smallest absolute Gasteiger partial charge is 0.355 e. The van der Waals surface area contributed by atoms with Crippen LogP contribution in [0.3, 0.4) is 0 Å². The Kier molecular flexibility index (Phi) is 3.91. The summed E-state index contributed by atoms with van der Waals surface area (Å²) in [5.41, 5.74) is 6.71. The molecule has 1 fully saturated rings. The van der Waals surface area contributed by atoms with Crippen LogP contribution in [0.1, 0.15) is 36.2 Å². The first kappa shape index (κ1) is 13.0. The fourth-order valence-corrected chi connectivity index (χ4v) is 2.43. The van der Waals surface area contributed by atoms with Crippen molar-refractivity contribution in [1.29, 1.82) is 0 Å². The molecule has 0 saturated heterocycles. The summed E-state index contributed by atoms with van der Waals surface area (Å²) < 4.78 is 12.5. The van der Waals surface area contributed by atoms with Crippen molar-refractivity contribution in [3.05, 3.63) is 18.0 Å². The first-order valence-corrected chi connectivity index (χ1v) is 6.25. The van der Waals surface area contributed by atoms with Crippen molar-refractivity contribution in [3.8, 4) is 0 Å². The number of anilines is 1. The van der Waals surface area contributed by atoms with Crippen LogP contribution in [0, 0.1) is 0 Å². The molecule has 0 spiro atoms. The van der Waals surface area contributed by atoms with E-state index in [-0.39, 0.29) is 18.2 Å². The number of hydrogen-bond acceptors (Lipinski definition) is 4. The van der Waals surface area contributed by atoms with Crippen LogP contribution in [-0.2, 0) is 16.5 Å². The van der Waals surface area contributed by atoms with Crippen molar-refractivity contribution >= 4 is 11.7 Å². The Labute approximate surface area is 107 Å². The van der Waals surface area contributed by atoms with Gasteiger partial charge < -0.3 is 19.8 Å². The molecule has 18 heavy (non-hydrogen) atoms. The third-order valence-corrected chi connectivity index (χ3v) is 3.42. The molecule has 1 aliphatic carbocycles. The maximum absolute atomic E-state index is 12.0. The monoisotopic (exact) mass is 252 g/mol. The number of carbonyl (C=O) groups is 1. The Hall–Kier alpha value is -1.49. The molecular formula is C13H20N2O3. The van der Waals surface area contributed by atoms with E-state index in [9.17, 15) is 4.79 Å². The molecule has 2 N–H and O–H groups in total. The number of hydrogen-bond donors (Lipinski definition) is 1. The molecule has 0 aromatic carbocycles. The zero-order valence-electron chi connectivity index (χ0n) is 10.9. The molecule has 2 atom stereocenters. The Morgan fingerprint density at radius 2 is 2.17 bits per heavy atom. The molecule has 0 radical (unpaired) electrons. The third-order valence-electron chi connectivity index (χ3n) is 3.42. The van der Waals surface area contributed by atoms with Gasteiger partial charge in [-0.2, -0.15) is 0 Å². The van der Waals surface area contributed by atoms with E-state index in [1.54, 1.807) is 31.0 Å². The summed E-state index contributed by atoms with van der Waals surface area (Å²) in [4.78, 5) is 12.0. The second-order valence-electron chi connectivity index (χ2n) is 4.82. The fourth-order valence-electron chi connectivity index (χ4n) is 2.43. The molecule has 1 saturated carbocycles. The van der Waals surface area contributed by atoms with Crippen LogP contribution in [0.2, 0.25) is 0 Å². The minimum Gasteiger partial charge on any atom is -0.458 e. The van der Waals surface area contributed by atoms with Crippen LogP contribution in [0.4, 0.5) is 5.69 Å². The van der Waals surface area contributed by atoms with Crippen molar-refractivity contribution in [2.45, 2.75) is 37.9 Å². The molecule has 5 heteroatoms. The zero-order valence-corrected chi connectivity index (χ0v) is 10.9. The third kappa shape index (κ3) is 2.85. The summed E-state index contributed by atoms with van der Waals surface area (Å²) in [7, 11) is 3.48. The lowest BCUT2D eigenvalue weighted by molar-refractivity contribution is -0.0155. The van der Waals surface area contributed by atoms with Gasteiger partial charge in [0.15, 0.2) is 0 Å². The highest BCUT2D eigenvalue weighted by molar-refractivity contribution is 5.89. The summed E-state index contributed by atoms with van der Waals surface area (Å²) in [5.74, 6) is -0.309. The quantitative estimate of drug-likeness (QED) is 0.832. The van der Waals surface area contributed by atoms with E-state index in [2.05, 4.69) is 0 Å². The van der Waals surface area contributed by atoms with Crippen LogP contribution < -0.4 is 5.73 Å². The number of rotatable bonds is 3. The number of methoxy groups -OCH3 is 1. The van der Waals surface area contributed by atoms with Gasteiger partial charge in [-0.3, -0.25) is 0 Å². The van der Waals surface area contributed by atoms with Crippen LogP contribution in [0.5, 0.6) is 0 Å². The van der Waals surface area contributed by atoms with Crippen molar-refractivity contribution < 1.29 is 14.3 Å². The lowest BCUT2D eigenvalue weighted by atomic mass is 9.95. The molecule has 5 nitrogen and oxygen atoms in total. The largest absolute Gasteiger partial charge is 0.458 e. The van der Waals surface area contributed by atoms with Crippen molar-refractivity contribution in [2.75, 3.05) is 12.8 Å². The van der Waals surface area contributed by atoms with Gasteiger partial charge in [-0.15, -0.1) is 0 Å². The van der Waals surface area contributed by atoms with E-state index in [0.717, 1.165) is 25.7 Å². The lowest BCUT2D eigenvalue weighted by Gasteiger charge is -2.27. The average molecular weight is 252 g/mol. The van der Waals surface area contributed by atoms with Crippen molar-refractivity contribution in [3.63, 3.8) is 0 Å². The Morgan fingerprint density at radius 3 is 2.78 bits per heavy atom. The second-order valence-corrected chi connectivity index (χ2v) is 4.82. The van der Waals surface area contributed by atoms with Gasteiger partial charge in [0, 0.05) is 26.8 Å². The number of aromatic nitrogens is 1. The van der Waals surface area contributed by atoms with Crippen molar-refractivity contribution in [2.24, 2.45) is 7.05 Å². The highest BCUT2D eigenvalue weighted by atomic mass is 16.5.